The molecule has 1 amide bonds. The number of nitro groups is 1. The highest BCUT2D eigenvalue weighted by Crippen LogP contribution is 2.36. The highest BCUT2D eigenvalue weighted by molar-refractivity contribution is 8.18. The first kappa shape index (κ1) is 22.0. The summed E-state index contributed by atoms with van der Waals surface area (Å²) in [6.45, 7) is 2.18. The minimum Gasteiger partial charge on any atom is -0.478 e. The zero-order valence-corrected chi connectivity index (χ0v) is 18.1. The Labute approximate surface area is 192 Å². The smallest absolute Gasteiger partial charge is 0.335 e. The van der Waals surface area contributed by atoms with Crippen molar-refractivity contribution >= 4 is 46.3 Å². The number of thioether (sulfide) groups is 1. The number of hydrogen-bond acceptors (Lipinski definition) is 7. The highest BCUT2D eigenvalue weighted by Gasteiger charge is 2.32. The van der Waals surface area contributed by atoms with E-state index in [9.17, 15) is 24.8 Å². The fourth-order valence-electron chi connectivity index (χ4n) is 3.23. The molecule has 1 aromatic heterocycles. The van der Waals surface area contributed by atoms with Gasteiger partial charge in [-0.25, -0.2) is 9.79 Å². The summed E-state index contributed by atoms with van der Waals surface area (Å²) in [5, 5.41) is 20.9. The number of aromatic carboxylic acids is 1. The molecule has 33 heavy (non-hydrogen) atoms. The molecule has 0 radical (unpaired) electrons. The molecule has 0 aliphatic carbocycles. The number of carboxylic acids is 1. The van der Waals surface area contributed by atoms with E-state index in [0.29, 0.717) is 39.4 Å². The van der Waals surface area contributed by atoms with Crippen molar-refractivity contribution < 1.29 is 24.0 Å². The number of nitrogens with zero attached hydrogens (tertiary/aromatic N) is 3. The molecular weight excluding hydrogens is 446 g/mol. The van der Waals surface area contributed by atoms with Crippen molar-refractivity contribution in [1.82, 2.24) is 4.90 Å². The number of amidine groups is 1. The van der Waals surface area contributed by atoms with Gasteiger partial charge in [0.2, 0.25) is 0 Å². The SMILES string of the molecule is CCN1C(=O)/C(=C/c2ccc(-c3ccccc3[N+](=O)[O-])o2)SC1=Nc1cccc(C(=O)O)c1. The molecule has 9 nitrogen and oxygen atoms in total. The van der Waals surface area contributed by atoms with E-state index in [1.807, 2.05) is 6.92 Å². The highest BCUT2D eigenvalue weighted by atomic mass is 32.2. The van der Waals surface area contributed by atoms with Gasteiger partial charge in [0.05, 0.1) is 26.6 Å². The topological polar surface area (TPSA) is 126 Å². The van der Waals surface area contributed by atoms with Crippen LogP contribution >= 0.6 is 11.8 Å². The second-order valence-electron chi connectivity index (χ2n) is 6.89. The Balaban J connectivity index is 1.64. The number of aliphatic imine (C=N–C) groups is 1. The van der Waals surface area contributed by atoms with E-state index >= 15 is 0 Å². The van der Waals surface area contributed by atoms with Gasteiger partial charge in [0.1, 0.15) is 11.5 Å². The first-order chi connectivity index (χ1) is 15.9. The molecule has 0 atom stereocenters. The molecule has 1 aliphatic rings. The molecule has 1 fully saturated rings. The summed E-state index contributed by atoms with van der Waals surface area (Å²) in [7, 11) is 0. The van der Waals surface area contributed by atoms with Crippen LogP contribution in [-0.2, 0) is 4.79 Å². The monoisotopic (exact) mass is 463 g/mol. The predicted octanol–water partition coefficient (Wildman–Crippen LogP) is 5.18. The van der Waals surface area contributed by atoms with Gasteiger partial charge in [-0.15, -0.1) is 0 Å². The number of carbonyl (C=O) groups excluding carboxylic acids is 1. The molecule has 0 bridgehead atoms. The van der Waals surface area contributed by atoms with E-state index in [1.54, 1.807) is 48.5 Å². The Kier molecular flexibility index (Phi) is 6.09. The van der Waals surface area contributed by atoms with Crippen molar-refractivity contribution in [3.8, 4) is 11.3 Å². The van der Waals surface area contributed by atoms with E-state index in [0.717, 1.165) is 11.8 Å². The van der Waals surface area contributed by atoms with Gasteiger partial charge in [0, 0.05) is 18.7 Å². The van der Waals surface area contributed by atoms with Crippen molar-refractivity contribution in [2.75, 3.05) is 6.54 Å². The van der Waals surface area contributed by atoms with Crippen LogP contribution in [-0.4, -0.2) is 38.5 Å². The number of hydrogen-bond donors (Lipinski definition) is 1. The molecule has 1 saturated heterocycles. The number of benzene rings is 2. The summed E-state index contributed by atoms with van der Waals surface area (Å²) >= 11 is 1.14. The van der Waals surface area contributed by atoms with Crippen LogP contribution in [0.15, 0.2) is 75.0 Å². The zero-order chi connectivity index (χ0) is 23.5. The minimum atomic E-state index is -1.06. The van der Waals surface area contributed by atoms with Gasteiger partial charge in [0.25, 0.3) is 11.6 Å². The fraction of sp³-hybridized carbons (Fsp3) is 0.0870. The second kappa shape index (κ2) is 9.13. The van der Waals surface area contributed by atoms with Gasteiger partial charge < -0.3 is 9.52 Å². The summed E-state index contributed by atoms with van der Waals surface area (Å²) < 4.78 is 5.77. The van der Waals surface area contributed by atoms with Gasteiger partial charge in [-0.05, 0) is 55.1 Å². The van der Waals surface area contributed by atoms with Crippen LogP contribution in [0.25, 0.3) is 17.4 Å². The predicted molar refractivity (Wildman–Crippen MR) is 124 cm³/mol. The fourth-order valence-corrected chi connectivity index (χ4v) is 4.28. The molecule has 0 spiro atoms. The second-order valence-corrected chi connectivity index (χ2v) is 7.90. The number of carboxylic acid groups (broad SMARTS) is 1. The third-order valence-electron chi connectivity index (χ3n) is 4.79. The van der Waals surface area contributed by atoms with Crippen molar-refractivity contribution in [2.24, 2.45) is 4.99 Å². The molecule has 1 N–H and O–H groups in total. The average Bonchev–Trinajstić information content (AvgIpc) is 3.38. The Morgan fingerprint density at radius 2 is 2.00 bits per heavy atom. The summed E-state index contributed by atoms with van der Waals surface area (Å²) in [6, 6.07) is 15.6. The number of likely N-dealkylation sites (N-methyl/N-ethyl adjacent to an activating group) is 1. The van der Waals surface area contributed by atoms with Crippen LogP contribution in [0, 0.1) is 10.1 Å². The van der Waals surface area contributed by atoms with Crippen LogP contribution in [0.2, 0.25) is 0 Å². The van der Waals surface area contributed by atoms with Crippen LogP contribution in [0.1, 0.15) is 23.0 Å². The molecular formula is C23H17N3O6S. The third kappa shape index (κ3) is 4.55. The lowest BCUT2D eigenvalue weighted by Gasteiger charge is -2.12. The van der Waals surface area contributed by atoms with Crippen molar-refractivity contribution in [3.63, 3.8) is 0 Å². The summed E-state index contributed by atoms with van der Waals surface area (Å²) in [5.41, 5.74) is 0.783. The lowest BCUT2D eigenvalue weighted by atomic mass is 10.1. The number of para-hydroxylation sites is 1. The maximum atomic E-state index is 12.9. The lowest BCUT2D eigenvalue weighted by Crippen LogP contribution is -2.28. The van der Waals surface area contributed by atoms with E-state index < -0.39 is 10.9 Å². The molecule has 166 valence electrons. The number of amides is 1. The largest absolute Gasteiger partial charge is 0.478 e. The molecule has 10 heteroatoms. The molecule has 1 aliphatic heterocycles. The minimum absolute atomic E-state index is 0.0764. The molecule has 3 aromatic rings. The first-order valence-corrected chi connectivity index (χ1v) is 10.7. The maximum absolute atomic E-state index is 12.9. The van der Waals surface area contributed by atoms with E-state index in [-0.39, 0.29) is 17.2 Å². The summed E-state index contributed by atoms with van der Waals surface area (Å²) in [4.78, 5) is 41.2. The van der Waals surface area contributed by atoms with Gasteiger partial charge in [-0.2, -0.15) is 0 Å². The normalized spacial score (nSPS) is 16.0. The maximum Gasteiger partial charge on any atom is 0.335 e. The Morgan fingerprint density at radius 1 is 1.21 bits per heavy atom. The number of furan rings is 1. The van der Waals surface area contributed by atoms with Crippen molar-refractivity contribution in [2.45, 2.75) is 6.92 Å². The van der Waals surface area contributed by atoms with E-state index in [2.05, 4.69) is 4.99 Å². The first-order valence-electron chi connectivity index (χ1n) is 9.84. The standard InChI is InChI=1S/C23H17N3O6S/c1-2-25-21(27)20(33-23(25)24-15-7-5-6-14(12-15)22(28)29)13-16-10-11-19(32-16)17-8-3-4-9-18(17)26(30)31/h3-13H,2H2,1H3,(H,28,29)/b20-13-,24-23?. The number of carbonyl (C=O) groups is 2. The van der Waals surface area contributed by atoms with Gasteiger partial charge in [0.15, 0.2) is 5.17 Å². The van der Waals surface area contributed by atoms with Crippen LogP contribution in [0.5, 0.6) is 0 Å². The average molecular weight is 463 g/mol. The van der Waals surface area contributed by atoms with Crippen LogP contribution in [0.3, 0.4) is 0 Å². The van der Waals surface area contributed by atoms with Gasteiger partial charge >= 0.3 is 5.97 Å². The van der Waals surface area contributed by atoms with E-state index in [1.165, 1.54) is 23.1 Å². The van der Waals surface area contributed by atoms with E-state index in [4.69, 9.17) is 4.42 Å². The summed E-state index contributed by atoms with van der Waals surface area (Å²) in [6.07, 6.45) is 1.56. The quantitative estimate of drug-likeness (QED) is 0.303. The Morgan fingerprint density at radius 3 is 2.73 bits per heavy atom. The Hall–Kier alpha value is -4.18. The molecule has 0 saturated carbocycles. The zero-order valence-electron chi connectivity index (χ0n) is 17.3. The van der Waals surface area contributed by atoms with Crippen molar-refractivity contribution in [3.05, 3.63) is 87.0 Å². The number of nitro benzene ring substituents is 1. The van der Waals surface area contributed by atoms with Crippen molar-refractivity contribution in [1.29, 1.82) is 0 Å². The molecule has 2 aromatic carbocycles. The van der Waals surface area contributed by atoms with Gasteiger partial charge in [-0.1, -0.05) is 18.2 Å². The molecule has 4 rings (SSSR count). The lowest BCUT2D eigenvalue weighted by molar-refractivity contribution is -0.384. The molecule has 2 heterocycles. The third-order valence-corrected chi connectivity index (χ3v) is 5.80. The Bertz CT molecular complexity index is 1330. The molecule has 0 unspecified atom stereocenters. The van der Waals surface area contributed by atoms with Crippen LogP contribution in [0.4, 0.5) is 11.4 Å². The number of rotatable bonds is 6. The van der Waals surface area contributed by atoms with Crippen LogP contribution < -0.4 is 0 Å². The van der Waals surface area contributed by atoms with Gasteiger partial charge in [-0.3, -0.25) is 19.8 Å². The summed E-state index contributed by atoms with van der Waals surface area (Å²) in [5.74, 6) is -0.646.